The Balaban J connectivity index is 1.69. The maximum atomic E-state index is 4.61. The van der Waals surface area contributed by atoms with E-state index in [0.717, 1.165) is 12.4 Å². The largest absolute Gasteiger partial charge is 0.365 e. The normalized spacial score (nSPS) is 21.4. The molecule has 0 bridgehead atoms. The summed E-state index contributed by atoms with van der Waals surface area (Å²) in [4.78, 5) is 5.91. The Bertz CT molecular complexity index is 797. The van der Waals surface area contributed by atoms with Gasteiger partial charge in [-0.05, 0) is 44.0 Å². The number of fused-ring (bicyclic) bond motifs is 1. The fraction of sp³-hybridized carbons (Fsp3) is 0.316. The number of benzene rings is 1. The second-order valence-corrected chi connectivity index (χ2v) is 7.27. The van der Waals surface area contributed by atoms with E-state index in [-0.39, 0.29) is 0 Å². The first-order chi connectivity index (χ1) is 11.3. The van der Waals surface area contributed by atoms with Gasteiger partial charge in [-0.25, -0.2) is 4.98 Å². The summed E-state index contributed by atoms with van der Waals surface area (Å²) in [6, 6.07) is 15.9. The minimum absolute atomic E-state index is 0.446. The molecule has 2 N–H and O–H groups in total. The van der Waals surface area contributed by atoms with Crippen LogP contribution in [0.5, 0.6) is 0 Å². The van der Waals surface area contributed by atoms with Crippen molar-refractivity contribution in [3.63, 3.8) is 0 Å². The maximum absolute atomic E-state index is 4.61. The highest BCUT2D eigenvalue weighted by atomic mass is 32.1. The lowest BCUT2D eigenvalue weighted by Crippen LogP contribution is -2.46. The number of hydrogen-bond donors (Lipinski definition) is 2. The molecular formula is C19H21N3S. The molecule has 3 nitrogen and oxygen atoms in total. The van der Waals surface area contributed by atoms with Crippen LogP contribution in [0.25, 0.3) is 20.5 Å². The van der Waals surface area contributed by atoms with Gasteiger partial charge in [0, 0.05) is 33.2 Å². The molecule has 118 valence electrons. The molecule has 1 saturated heterocycles. The molecule has 1 aliphatic rings. The van der Waals surface area contributed by atoms with Crippen LogP contribution in [0.15, 0.2) is 48.7 Å². The van der Waals surface area contributed by atoms with E-state index in [1.165, 1.54) is 33.4 Å². The minimum atomic E-state index is 0.446. The third-order valence-corrected chi connectivity index (χ3v) is 5.74. The third kappa shape index (κ3) is 2.96. The molecular weight excluding hydrogens is 302 g/mol. The van der Waals surface area contributed by atoms with Crippen LogP contribution < -0.4 is 10.6 Å². The van der Waals surface area contributed by atoms with E-state index < -0.39 is 0 Å². The Labute approximate surface area is 140 Å². The lowest BCUT2D eigenvalue weighted by molar-refractivity contribution is 0.389. The number of piperidine rings is 1. The highest BCUT2D eigenvalue weighted by molar-refractivity contribution is 7.22. The van der Waals surface area contributed by atoms with E-state index in [2.05, 4.69) is 65.0 Å². The molecule has 1 aliphatic heterocycles. The van der Waals surface area contributed by atoms with Crippen molar-refractivity contribution in [3.05, 3.63) is 48.7 Å². The average molecular weight is 323 g/mol. The van der Waals surface area contributed by atoms with Crippen LogP contribution >= 0.6 is 11.3 Å². The van der Waals surface area contributed by atoms with E-state index >= 15 is 0 Å². The summed E-state index contributed by atoms with van der Waals surface area (Å²) in [6.45, 7) is 3.37. The van der Waals surface area contributed by atoms with Gasteiger partial charge < -0.3 is 10.6 Å². The molecule has 4 rings (SSSR count). The van der Waals surface area contributed by atoms with Crippen molar-refractivity contribution in [2.24, 2.45) is 0 Å². The first-order valence-electron chi connectivity index (χ1n) is 8.25. The number of thiophene rings is 1. The monoisotopic (exact) mass is 323 g/mol. The standard InChI is InChI=1S/C19H21N3S/c1-13-16(8-5-10-20-13)22-19-15-12-18(14-6-3-2-4-7-14)23-17(15)9-11-21-19/h2-4,6-7,9,11-13,16,20H,5,8,10H2,1H3,(H,21,22)/t13-,16+/m1/s1. The van der Waals surface area contributed by atoms with Gasteiger partial charge >= 0.3 is 0 Å². The van der Waals surface area contributed by atoms with Gasteiger partial charge in [0.25, 0.3) is 0 Å². The summed E-state index contributed by atoms with van der Waals surface area (Å²) in [6.07, 6.45) is 4.33. The van der Waals surface area contributed by atoms with Gasteiger partial charge in [-0.3, -0.25) is 0 Å². The van der Waals surface area contributed by atoms with Crippen LogP contribution in [0, 0.1) is 0 Å². The van der Waals surface area contributed by atoms with E-state index in [1.807, 2.05) is 17.5 Å². The molecule has 0 spiro atoms. The van der Waals surface area contributed by atoms with Gasteiger partial charge in [-0.1, -0.05) is 30.3 Å². The van der Waals surface area contributed by atoms with Crippen LogP contribution in [0.1, 0.15) is 19.8 Å². The molecule has 2 atom stereocenters. The van der Waals surface area contributed by atoms with Crippen molar-refractivity contribution in [1.82, 2.24) is 10.3 Å². The van der Waals surface area contributed by atoms with Crippen molar-refractivity contribution >= 4 is 27.2 Å². The summed E-state index contributed by atoms with van der Waals surface area (Å²) in [5, 5.41) is 8.45. The molecule has 0 radical (unpaired) electrons. The molecule has 1 aromatic carbocycles. The van der Waals surface area contributed by atoms with Crippen molar-refractivity contribution < 1.29 is 0 Å². The fourth-order valence-electron chi connectivity index (χ4n) is 3.24. The zero-order chi connectivity index (χ0) is 15.6. The Morgan fingerprint density at radius 2 is 2.09 bits per heavy atom. The van der Waals surface area contributed by atoms with Crippen LogP contribution in [-0.2, 0) is 0 Å². The molecule has 23 heavy (non-hydrogen) atoms. The molecule has 0 amide bonds. The van der Waals surface area contributed by atoms with Crippen molar-refractivity contribution in [3.8, 4) is 10.4 Å². The Morgan fingerprint density at radius 3 is 2.91 bits per heavy atom. The maximum Gasteiger partial charge on any atom is 0.134 e. The van der Waals surface area contributed by atoms with Crippen LogP contribution in [0.3, 0.4) is 0 Å². The molecule has 3 heterocycles. The molecule has 0 aliphatic carbocycles. The predicted octanol–water partition coefficient (Wildman–Crippen LogP) is 4.52. The zero-order valence-electron chi connectivity index (χ0n) is 13.3. The SMILES string of the molecule is C[C@H]1NCCC[C@@H]1Nc1nccc2sc(-c3ccccc3)cc12. The van der Waals surface area contributed by atoms with Crippen LogP contribution in [-0.4, -0.2) is 23.6 Å². The minimum Gasteiger partial charge on any atom is -0.365 e. The van der Waals surface area contributed by atoms with Crippen molar-refractivity contribution in [2.75, 3.05) is 11.9 Å². The quantitative estimate of drug-likeness (QED) is 0.744. The van der Waals surface area contributed by atoms with E-state index in [4.69, 9.17) is 0 Å². The summed E-state index contributed by atoms with van der Waals surface area (Å²) in [7, 11) is 0. The van der Waals surface area contributed by atoms with E-state index in [0.29, 0.717) is 12.1 Å². The second kappa shape index (κ2) is 6.30. The third-order valence-electron chi connectivity index (χ3n) is 4.59. The smallest absolute Gasteiger partial charge is 0.134 e. The lowest BCUT2D eigenvalue weighted by Gasteiger charge is -2.31. The first kappa shape index (κ1) is 14.7. The van der Waals surface area contributed by atoms with Gasteiger partial charge in [0.2, 0.25) is 0 Å². The van der Waals surface area contributed by atoms with E-state index in [9.17, 15) is 0 Å². The number of rotatable bonds is 3. The number of pyridine rings is 1. The molecule has 0 saturated carbocycles. The molecule has 4 heteroatoms. The summed E-state index contributed by atoms with van der Waals surface area (Å²) < 4.78 is 1.29. The topological polar surface area (TPSA) is 37.0 Å². The Hall–Kier alpha value is -1.91. The predicted molar refractivity (Wildman–Crippen MR) is 99.2 cm³/mol. The summed E-state index contributed by atoms with van der Waals surface area (Å²) in [5.41, 5.74) is 1.27. The highest BCUT2D eigenvalue weighted by Gasteiger charge is 2.21. The number of aromatic nitrogens is 1. The number of hydrogen-bond acceptors (Lipinski definition) is 4. The zero-order valence-corrected chi connectivity index (χ0v) is 14.1. The van der Waals surface area contributed by atoms with Crippen LogP contribution in [0.4, 0.5) is 5.82 Å². The first-order valence-corrected chi connectivity index (χ1v) is 9.07. The lowest BCUT2D eigenvalue weighted by atomic mass is 10.00. The molecule has 0 unspecified atom stereocenters. The highest BCUT2D eigenvalue weighted by Crippen LogP contribution is 2.36. The summed E-state index contributed by atoms with van der Waals surface area (Å²) >= 11 is 1.83. The molecule has 1 fully saturated rings. The van der Waals surface area contributed by atoms with Gasteiger partial charge in [-0.15, -0.1) is 11.3 Å². The van der Waals surface area contributed by atoms with Crippen molar-refractivity contribution in [1.29, 1.82) is 0 Å². The summed E-state index contributed by atoms with van der Waals surface area (Å²) in [5.74, 6) is 1.02. The average Bonchev–Trinajstić information content (AvgIpc) is 3.03. The van der Waals surface area contributed by atoms with Crippen LogP contribution in [0.2, 0.25) is 0 Å². The molecule has 3 aromatic rings. The van der Waals surface area contributed by atoms with Gasteiger partial charge in [0.1, 0.15) is 5.82 Å². The molecule has 2 aromatic heterocycles. The van der Waals surface area contributed by atoms with Gasteiger partial charge in [-0.2, -0.15) is 0 Å². The van der Waals surface area contributed by atoms with E-state index in [1.54, 1.807) is 0 Å². The fourth-order valence-corrected chi connectivity index (χ4v) is 4.30. The van der Waals surface area contributed by atoms with Gasteiger partial charge in [0.05, 0.1) is 0 Å². The Kier molecular flexibility index (Phi) is 4.02. The number of nitrogens with one attached hydrogen (secondary N) is 2. The number of anilines is 1. The second-order valence-electron chi connectivity index (χ2n) is 6.18. The Morgan fingerprint density at radius 1 is 1.22 bits per heavy atom. The van der Waals surface area contributed by atoms with Crippen molar-refractivity contribution in [2.45, 2.75) is 31.8 Å². The number of nitrogens with zero attached hydrogens (tertiary/aromatic N) is 1. The van der Waals surface area contributed by atoms with Gasteiger partial charge in [0.15, 0.2) is 0 Å².